The zero-order chi connectivity index (χ0) is 21.6. The lowest BCUT2D eigenvalue weighted by Gasteiger charge is -2.34. The minimum Gasteiger partial charge on any atom is -0.354 e. The summed E-state index contributed by atoms with van der Waals surface area (Å²) < 4.78 is 41.1. The van der Waals surface area contributed by atoms with Crippen LogP contribution < -0.4 is 15.5 Å². The summed E-state index contributed by atoms with van der Waals surface area (Å²) in [5.41, 5.74) is 0.627. The SMILES string of the molecule is C[C@@H]1c2c(-c3cc(C(F)(F)F)cc(N4CCN[C@@H](C)C4)n3)ccnc2NC(=O)N1C. The number of carbonyl (C=O) groups is 1. The Hall–Kier alpha value is -2.88. The largest absolute Gasteiger partial charge is 0.416 e. The lowest BCUT2D eigenvalue weighted by Crippen LogP contribution is -2.49. The van der Waals surface area contributed by atoms with Gasteiger partial charge in [0.2, 0.25) is 0 Å². The molecule has 7 nitrogen and oxygen atoms in total. The molecule has 160 valence electrons. The van der Waals surface area contributed by atoms with E-state index in [4.69, 9.17) is 0 Å². The van der Waals surface area contributed by atoms with Crippen LogP contribution in [0.25, 0.3) is 11.3 Å². The molecule has 0 aliphatic carbocycles. The van der Waals surface area contributed by atoms with Crippen molar-refractivity contribution in [3.63, 3.8) is 0 Å². The van der Waals surface area contributed by atoms with Gasteiger partial charge in [0.15, 0.2) is 0 Å². The fraction of sp³-hybridized carbons (Fsp3) is 0.450. The second-order valence-corrected chi connectivity index (χ2v) is 7.74. The first kappa shape index (κ1) is 20.4. The normalized spacial score (nSPS) is 22.0. The molecule has 0 bridgehead atoms. The molecule has 2 N–H and O–H groups in total. The van der Waals surface area contributed by atoms with E-state index in [9.17, 15) is 18.0 Å². The fourth-order valence-corrected chi connectivity index (χ4v) is 3.90. The number of piperazine rings is 1. The number of hydrogen-bond donors (Lipinski definition) is 2. The Morgan fingerprint density at radius 3 is 2.70 bits per heavy atom. The van der Waals surface area contributed by atoms with Gasteiger partial charge in [0.1, 0.15) is 11.6 Å². The van der Waals surface area contributed by atoms with Crippen molar-refractivity contribution >= 4 is 17.7 Å². The number of halogens is 3. The highest BCUT2D eigenvalue weighted by Crippen LogP contribution is 2.40. The number of urea groups is 1. The van der Waals surface area contributed by atoms with Crippen LogP contribution in [0.15, 0.2) is 24.4 Å². The Morgan fingerprint density at radius 2 is 2.00 bits per heavy atom. The van der Waals surface area contributed by atoms with E-state index in [0.29, 0.717) is 42.4 Å². The van der Waals surface area contributed by atoms with Crippen molar-refractivity contribution in [1.29, 1.82) is 0 Å². The number of aromatic nitrogens is 2. The maximum absolute atomic E-state index is 13.7. The lowest BCUT2D eigenvalue weighted by molar-refractivity contribution is -0.137. The highest BCUT2D eigenvalue weighted by molar-refractivity contribution is 5.93. The molecule has 2 aromatic heterocycles. The molecule has 2 atom stereocenters. The molecule has 2 amide bonds. The Kier molecular flexibility index (Phi) is 5.05. The van der Waals surface area contributed by atoms with Gasteiger partial charge in [-0.15, -0.1) is 0 Å². The van der Waals surface area contributed by atoms with E-state index in [1.54, 1.807) is 13.1 Å². The molecule has 4 rings (SSSR count). The number of nitrogens with zero attached hydrogens (tertiary/aromatic N) is 4. The number of alkyl halides is 3. The van der Waals surface area contributed by atoms with Crippen LogP contribution in [0.5, 0.6) is 0 Å². The van der Waals surface area contributed by atoms with Crippen molar-refractivity contribution in [3.05, 3.63) is 35.5 Å². The topological polar surface area (TPSA) is 73.4 Å². The molecule has 2 aliphatic heterocycles. The summed E-state index contributed by atoms with van der Waals surface area (Å²) in [6.07, 6.45) is -3.03. The number of pyridine rings is 2. The highest BCUT2D eigenvalue weighted by Gasteiger charge is 2.35. The summed E-state index contributed by atoms with van der Waals surface area (Å²) in [6.45, 7) is 5.61. The van der Waals surface area contributed by atoms with E-state index in [2.05, 4.69) is 20.6 Å². The summed E-state index contributed by atoms with van der Waals surface area (Å²) in [6, 6.07) is 3.29. The molecule has 10 heteroatoms. The van der Waals surface area contributed by atoms with Crippen molar-refractivity contribution in [2.24, 2.45) is 0 Å². The van der Waals surface area contributed by atoms with E-state index < -0.39 is 11.7 Å². The third-order valence-electron chi connectivity index (χ3n) is 5.64. The molecule has 4 heterocycles. The third kappa shape index (κ3) is 3.67. The van der Waals surface area contributed by atoms with Crippen LogP contribution in [0.4, 0.5) is 29.6 Å². The molecule has 30 heavy (non-hydrogen) atoms. The summed E-state index contributed by atoms with van der Waals surface area (Å²) >= 11 is 0. The van der Waals surface area contributed by atoms with E-state index in [1.165, 1.54) is 11.1 Å². The van der Waals surface area contributed by atoms with E-state index in [1.807, 2.05) is 18.7 Å². The smallest absolute Gasteiger partial charge is 0.354 e. The molecule has 0 saturated carbocycles. The van der Waals surface area contributed by atoms with Gasteiger partial charge < -0.3 is 15.1 Å². The molecular formula is C20H23F3N6O. The molecule has 0 aromatic carbocycles. The van der Waals surface area contributed by atoms with Crippen molar-refractivity contribution in [2.75, 3.05) is 36.9 Å². The standard InChI is InChI=1S/C20H23F3N6O/c1-11-10-29(7-6-24-11)16-9-13(20(21,22)23)8-15(26-16)14-4-5-25-18-17(14)12(2)28(3)19(30)27-18/h4-5,8-9,11-12,24H,6-7,10H2,1-3H3,(H,25,27,30)/t11-,12+/m0/s1. The van der Waals surface area contributed by atoms with Crippen LogP contribution in [0.3, 0.4) is 0 Å². The molecule has 0 spiro atoms. The molecule has 2 aliphatic rings. The van der Waals surface area contributed by atoms with Gasteiger partial charge >= 0.3 is 12.2 Å². The average Bonchev–Trinajstić information content (AvgIpc) is 2.70. The number of amides is 2. The van der Waals surface area contributed by atoms with Crippen molar-refractivity contribution in [3.8, 4) is 11.3 Å². The van der Waals surface area contributed by atoms with E-state index in [-0.39, 0.29) is 23.8 Å². The summed E-state index contributed by atoms with van der Waals surface area (Å²) in [5.74, 6) is 0.638. The first-order valence-electron chi connectivity index (χ1n) is 9.76. The molecule has 1 saturated heterocycles. The number of anilines is 2. The minimum absolute atomic E-state index is 0.149. The molecule has 0 radical (unpaired) electrons. The average molecular weight is 420 g/mol. The van der Waals surface area contributed by atoms with Crippen LogP contribution in [-0.4, -0.2) is 53.6 Å². The van der Waals surface area contributed by atoms with Crippen LogP contribution in [0.2, 0.25) is 0 Å². The number of rotatable bonds is 2. The first-order valence-corrected chi connectivity index (χ1v) is 9.76. The van der Waals surface area contributed by atoms with Crippen LogP contribution >= 0.6 is 0 Å². The lowest BCUT2D eigenvalue weighted by atomic mass is 9.96. The van der Waals surface area contributed by atoms with Gasteiger partial charge in [-0.25, -0.2) is 14.8 Å². The first-order chi connectivity index (χ1) is 14.1. The Balaban J connectivity index is 1.86. The Morgan fingerprint density at radius 1 is 1.23 bits per heavy atom. The zero-order valence-electron chi connectivity index (χ0n) is 16.9. The second-order valence-electron chi connectivity index (χ2n) is 7.74. The quantitative estimate of drug-likeness (QED) is 0.778. The van der Waals surface area contributed by atoms with Gasteiger partial charge in [-0.3, -0.25) is 5.32 Å². The zero-order valence-corrected chi connectivity index (χ0v) is 16.9. The molecule has 2 aromatic rings. The third-order valence-corrected chi connectivity index (χ3v) is 5.64. The summed E-state index contributed by atoms with van der Waals surface area (Å²) in [7, 11) is 1.63. The van der Waals surface area contributed by atoms with E-state index >= 15 is 0 Å². The summed E-state index contributed by atoms with van der Waals surface area (Å²) in [4.78, 5) is 24.2. The molecular weight excluding hydrogens is 397 g/mol. The number of fused-ring (bicyclic) bond motifs is 1. The van der Waals surface area contributed by atoms with Crippen molar-refractivity contribution in [2.45, 2.75) is 32.1 Å². The minimum atomic E-state index is -4.50. The Bertz CT molecular complexity index is 979. The number of carbonyl (C=O) groups excluding carboxylic acids is 1. The van der Waals surface area contributed by atoms with Crippen LogP contribution in [-0.2, 0) is 6.18 Å². The number of hydrogen-bond acceptors (Lipinski definition) is 5. The number of nitrogens with one attached hydrogen (secondary N) is 2. The van der Waals surface area contributed by atoms with Gasteiger partial charge in [0.25, 0.3) is 0 Å². The van der Waals surface area contributed by atoms with Gasteiger partial charge in [-0.2, -0.15) is 13.2 Å². The summed E-state index contributed by atoms with van der Waals surface area (Å²) in [5, 5.41) is 5.97. The van der Waals surface area contributed by atoms with Gasteiger partial charge in [-0.1, -0.05) is 0 Å². The molecule has 1 fully saturated rings. The maximum Gasteiger partial charge on any atom is 0.416 e. The fourth-order valence-electron chi connectivity index (χ4n) is 3.90. The highest BCUT2D eigenvalue weighted by atomic mass is 19.4. The maximum atomic E-state index is 13.7. The van der Waals surface area contributed by atoms with Crippen LogP contribution in [0, 0.1) is 0 Å². The monoisotopic (exact) mass is 420 g/mol. The van der Waals surface area contributed by atoms with Crippen molar-refractivity contribution < 1.29 is 18.0 Å². The van der Waals surface area contributed by atoms with Crippen LogP contribution in [0.1, 0.15) is 31.0 Å². The second kappa shape index (κ2) is 7.42. The van der Waals surface area contributed by atoms with Crippen molar-refractivity contribution in [1.82, 2.24) is 20.2 Å². The van der Waals surface area contributed by atoms with Gasteiger partial charge in [0, 0.05) is 50.0 Å². The van der Waals surface area contributed by atoms with Gasteiger partial charge in [0.05, 0.1) is 17.3 Å². The Labute approximate surface area is 172 Å². The van der Waals surface area contributed by atoms with Gasteiger partial charge in [-0.05, 0) is 32.0 Å². The predicted octanol–water partition coefficient (Wildman–Crippen LogP) is 3.50. The predicted molar refractivity (Wildman–Crippen MR) is 107 cm³/mol. The van der Waals surface area contributed by atoms with E-state index in [0.717, 1.165) is 12.1 Å². The molecule has 0 unspecified atom stereocenters.